The molecule has 14 nitrogen and oxygen atoms in total. The fourth-order valence-electron chi connectivity index (χ4n) is 2.64. The normalized spacial score (nSPS) is 16.3. The van der Waals surface area contributed by atoms with Crippen LogP contribution in [0.3, 0.4) is 0 Å². The molecular weight excluding hydrogens is 442 g/mol. The molecule has 6 atom stereocenters. The molecule has 0 fully saturated rings. The van der Waals surface area contributed by atoms with E-state index in [1.165, 1.54) is 6.92 Å². The van der Waals surface area contributed by atoms with Gasteiger partial charge in [-0.05, 0) is 19.3 Å². The molecule has 0 saturated heterocycles. The zero-order valence-corrected chi connectivity index (χ0v) is 18.7. The Kier molecular flexibility index (Phi) is 12.6. The van der Waals surface area contributed by atoms with Crippen molar-refractivity contribution in [2.45, 2.75) is 76.7 Å². The lowest BCUT2D eigenvalue weighted by Crippen LogP contribution is -2.59. The van der Waals surface area contributed by atoms with E-state index in [-0.39, 0.29) is 12.8 Å². The molecule has 0 aliphatic heterocycles. The predicted molar refractivity (Wildman–Crippen MR) is 113 cm³/mol. The maximum absolute atomic E-state index is 12.7. The van der Waals surface area contributed by atoms with E-state index in [2.05, 4.69) is 16.0 Å². The fraction of sp³-hybridized carbons (Fsp3) is 0.684. The van der Waals surface area contributed by atoms with Crippen LogP contribution in [0.5, 0.6) is 0 Å². The molecule has 4 amide bonds. The van der Waals surface area contributed by atoms with Crippen LogP contribution in [-0.2, 0) is 28.8 Å². The van der Waals surface area contributed by atoms with Gasteiger partial charge < -0.3 is 42.7 Å². The maximum atomic E-state index is 12.7. The summed E-state index contributed by atoms with van der Waals surface area (Å²) in [6, 6.07) is -5.85. The second-order valence-electron chi connectivity index (χ2n) is 7.70. The summed E-state index contributed by atoms with van der Waals surface area (Å²) >= 11 is 0. The van der Waals surface area contributed by atoms with Gasteiger partial charge in [-0.15, -0.1) is 0 Å². The highest BCUT2D eigenvalue weighted by Crippen LogP contribution is 2.09. The van der Waals surface area contributed by atoms with Crippen LogP contribution in [0.15, 0.2) is 0 Å². The molecule has 0 saturated carbocycles. The number of carbonyl (C=O) groups excluding carboxylic acids is 4. The highest BCUT2D eigenvalue weighted by atomic mass is 16.4. The zero-order chi connectivity index (χ0) is 25.9. The lowest BCUT2D eigenvalue weighted by Gasteiger charge is -2.26. The van der Waals surface area contributed by atoms with Gasteiger partial charge in [-0.2, -0.15) is 0 Å². The van der Waals surface area contributed by atoms with E-state index < -0.39 is 78.2 Å². The number of nitrogens with one attached hydrogen (secondary N) is 3. The summed E-state index contributed by atoms with van der Waals surface area (Å²) in [5.41, 5.74) is 10.6. The Hall–Kier alpha value is -3.26. The minimum atomic E-state index is -1.68. The molecule has 0 aliphatic carbocycles. The quantitative estimate of drug-likeness (QED) is 0.119. The van der Waals surface area contributed by atoms with Gasteiger partial charge in [-0.1, -0.05) is 20.3 Å². The molecule has 0 radical (unpaired) electrons. The highest BCUT2D eigenvalue weighted by molar-refractivity contribution is 5.95. The smallest absolute Gasteiger partial charge is 0.326 e. The van der Waals surface area contributed by atoms with Crippen LogP contribution in [0, 0.1) is 5.92 Å². The van der Waals surface area contributed by atoms with Crippen LogP contribution in [0.4, 0.5) is 0 Å². The number of hydrogen-bond donors (Lipinski definition) is 8. The number of nitrogens with two attached hydrogens (primary N) is 2. The molecule has 14 heteroatoms. The van der Waals surface area contributed by atoms with Crippen molar-refractivity contribution in [1.29, 1.82) is 0 Å². The van der Waals surface area contributed by atoms with Gasteiger partial charge in [0.25, 0.3) is 0 Å². The SMILES string of the molecule is CCC(C)C(NC(=O)C(CC(=O)O)NC(=O)C(CCC(N)=O)NC(=O)C(N)C(C)O)C(=O)O. The molecule has 10 N–H and O–H groups in total. The molecule has 0 bridgehead atoms. The first-order valence-electron chi connectivity index (χ1n) is 10.3. The monoisotopic (exact) mass is 475 g/mol. The molecule has 0 aromatic carbocycles. The summed E-state index contributed by atoms with van der Waals surface area (Å²) in [6.45, 7) is 4.52. The highest BCUT2D eigenvalue weighted by Gasteiger charge is 2.33. The Bertz CT molecular complexity index is 743. The van der Waals surface area contributed by atoms with Crippen LogP contribution < -0.4 is 27.4 Å². The number of amides is 4. The number of rotatable bonds is 15. The summed E-state index contributed by atoms with van der Waals surface area (Å²) in [4.78, 5) is 71.2. The van der Waals surface area contributed by atoms with Gasteiger partial charge in [0.15, 0.2) is 0 Å². The first-order valence-corrected chi connectivity index (χ1v) is 10.3. The molecule has 0 aliphatic rings. The van der Waals surface area contributed by atoms with Crippen molar-refractivity contribution >= 4 is 35.6 Å². The second-order valence-corrected chi connectivity index (χ2v) is 7.70. The number of aliphatic carboxylic acids is 2. The Morgan fingerprint density at radius 1 is 0.879 bits per heavy atom. The van der Waals surface area contributed by atoms with Crippen molar-refractivity contribution in [3.8, 4) is 0 Å². The second kappa shape index (κ2) is 14.0. The molecular formula is C19H33N5O9. The average molecular weight is 475 g/mol. The molecule has 6 unspecified atom stereocenters. The van der Waals surface area contributed by atoms with Crippen LogP contribution in [0.25, 0.3) is 0 Å². The Balaban J connectivity index is 5.64. The number of aliphatic hydroxyl groups excluding tert-OH is 1. The molecule has 188 valence electrons. The average Bonchev–Trinajstić information content (AvgIpc) is 2.71. The summed E-state index contributed by atoms with van der Waals surface area (Å²) in [6.07, 6.45) is -2.38. The first-order chi connectivity index (χ1) is 15.2. The largest absolute Gasteiger partial charge is 0.481 e. The van der Waals surface area contributed by atoms with Gasteiger partial charge in [0.1, 0.15) is 24.2 Å². The maximum Gasteiger partial charge on any atom is 0.326 e. The number of carboxylic acid groups (broad SMARTS) is 2. The van der Waals surface area contributed by atoms with Crippen molar-refractivity contribution in [3.05, 3.63) is 0 Å². The minimum Gasteiger partial charge on any atom is -0.481 e. The van der Waals surface area contributed by atoms with Crippen LogP contribution >= 0.6 is 0 Å². The van der Waals surface area contributed by atoms with E-state index in [1.807, 2.05) is 0 Å². The van der Waals surface area contributed by atoms with Crippen LogP contribution in [0.1, 0.15) is 46.5 Å². The lowest BCUT2D eigenvalue weighted by molar-refractivity contribution is -0.144. The minimum absolute atomic E-state index is 0.300. The third kappa shape index (κ3) is 10.7. The topological polar surface area (TPSA) is 251 Å². The summed E-state index contributed by atoms with van der Waals surface area (Å²) in [7, 11) is 0. The summed E-state index contributed by atoms with van der Waals surface area (Å²) in [5.74, 6) is -7.09. The third-order valence-corrected chi connectivity index (χ3v) is 4.92. The number of hydrogen-bond acceptors (Lipinski definition) is 8. The molecule has 0 aromatic heterocycles. The number of carboxylic acids is 2. The molecule has 0 rings (SSSR count). The predicted octanol–water partition coefficient (Wildman–Crippen LogP) is -2.98. The summed E-state index contributed by atoms with van der Waals surface area (Å²) < 4.78 is 0. The van der Waals surface area contributed by atoms with Crippen LogP contribution in [-0.4, -0.2) is 81.2 Å². The standard InChI is InChI=1S/C19H33N5O9/c1-4-8(2)15(19(32)33)24-17(30)11(7-13(27)28)23-16(29)10(5-6-12(20)26)22-18(31)14(21)9(3)25/h8-11,14-15,25H,4-7,21H2,1-3H3,(H2,20,26)(H,22,31)(H,23,29)(H,24,30)(H,27,28)(H,32,33). The number of aliphatic hydroxyl groups is 1. The van der Waals surface area contributed by atoms with Crippen molar-refractivity contribution in [3.63, 3.8) is 0 Å². The van der Waals surface area contributed by atoms with Crippen molar-refractivity contribution in [2.75, 3.05) is 0 Å². The van der Waals surface area contributed by atoms with E-state index in [0.717, 1.165) is 0 Å². The molecule has 33 heavy (non-hydrogen) atoms. The van der Waals surface area contributed by atoms with E-state index in [1.54, 1.807) is 13.8 Å². The van der Waals surface area contributed by atoms with Crippen LogP contribution in [0.2, 0.25) is 0 Å². The zero-order valence-electron chi connectivity index (χ0n) is 18.7. The lowest BCUT2D eigenvalue weighted by atomic mass is 9.98. The molecule has 0 spiro atoms. The van der Waals surface area contributed by atoms with Gasteiger partial charge in [0.05, 0.1) is 12.5 Å². The number of carbonyl (C=O) groups is 6. The Labute approximate surface area is 190 Å². The van der Waals surface area contributed by atoms with Gasteiger partial charge >= 0.3 is 11.9 Å². The Morgan fingerprint density at radius 2 is 1.39 bits per heavy atom. The summed E-state index contributed by atoms with van der Waals surface area (Å²) in [5, 5.41) is 34.5. The van der Waals surface area contributed by atoms with E-state index >= 15 is 0 Å². The van der Waals surface area contributed by atoms with Crippen molar-refractivity contribution in [2.24, 2.45) is 17.4 Å². The van der Waals surface area contributed by atoms with Gasteiger partial charge in [-0.3, -0.25) is 24.0 Å². The van der Waals surface area contributed by atoms with E-state index in [0.29, 0.717) is 6.42 Å². The molecule has 0 aromatic rings. The fourth-order valence-corrected chi connectivity index (χ4v) is 2.64. The van der Waals surface area contributed by atoms with E-state index in [4.69, 9.17) is 16.6 Å². The first kappa shape index (κ1) is 29.7. The van der Waals surface area contributed by atoms with Gasteiger partial charge in [-0.25, -0.2) is 4.79 Å². The third-order valence-electron chi connectivity index (χ3n) is 4.92. The van der Waals surface area contributed by atoms with E-state index in [9.17, 15) is 39.0 Å². The van der Waals surface area contributed by atoms with Crippen molar-refractivity contribution in [1.82, 2.24) is 16.0 Å². The van der Waals surface area contributed by atoms with Crippen molar-refractivity contribution < 1.29 is 44.1 Å². The van der Waals surface area contributed by atoms with Gasteiger partial charge in [0.2, 0.25) is 23.6 Å². The number of primary amides is 1. The van der Waals surface area contributed by atoms with Gasteiger partial charge in [0, 0.05) is 6.42 Å². The Morgan fingerprint density at radius 3 is 1.82 bits per heavy atom. The molecule has 0 heterocycles.